The number of hydrogen-bond acceptors (Lipinski definition) is 4. The number of hydrogen-bond donors (Lipinski definition) is 2. The van der Waals surface area contributed by atoms with Crippen molar-refractivity contribution in [2.45, 2.75) is 12.8 Å². The Morgan fingerprint density at radius 1 is 1.38 bits per heavy atom. The minimum atomic E-state index is -0.291. The number of aromatic hydroxyl groups is 1. The van der Waals surface area contributed by atoms with Crippen LogP contribution in [0, 0.1) is 5.82 Å². The van der Waals surface area contributed by atoms with E-state index >= 15 is 0 Å². The number of fused-ring (bicyclic) bond motifs is 1. The summed E-state index contributed by atoms with van der Waals surface area (Å²) in [6, 6.07) is 4.92. The van der Waals surface area contributed by atoms with Gasteiger partial charge in [0.05, 0.1) is 0 Å². The van der Waals surface area contributed by atoms with Gasteiger partial charge in [0.25, 0.3) is 11.9 Å². The summed E-state index contributed by atoms with van der Waals surface area (Å²) in [5.41, 5.74) is 1.63. The number of rotatable bonds is 3. The van der Waals surface area contributed by atoms with Gasteiger partial charge in [0.15, 0.2) is 5.76 Å². The number of oxazole rings is 1. The van der Waals surface area contributed by atoms with Gasteiger partial charge < -0.3 is 19.4 Å². The highest BCUT2D eigenvalue weighted by Crippen LogP contribution is 2.36. The van der Waals surface area contributed by atoms with Crippen LogP contribution >= 0.6 is 0 Å². The van der Waals surface area contributed by atoms with Crippen molar-refractivity contribution in [1.29, 1.82) is 0 Å². The Kier molecular flexibility index (Phi) is 3.08. The van der Waals surface area contributed by atoms with E-state index in [4.69, 9.17) is 4.42 Å². The molecular formula is C15H16FN3O2. The van der Waals surface area contributed by atoms with E-state index in [0.717, 1.165) is 10.9 Å². The van der Waals surface area contributed by atoms with E-state index in [9.17, 15) is 9.50 Å². The molecule has 3 rings (SSSR count). The van der Waals surface area contributed by atoms with Crippen LogP contribution in [0.2, 0.25) is 0 Å². The fourth-order valence-corrected chi connectivity index (χ4v) is 2.41. The molecule has 0 bridgehead atoms. The number of H-pyrrole nitrogens is 1. The molecule has 2 N–H and O–H groups in total. The Hall–Kier alpha value is -2.50. The van der Waals surface area contributed by atoms with E-state index in [1.807, 2.05) is 6.92 Å². The second kappa shape index (κ2) is 4.80. The minimum Gasteiger partial charge on any atom is -0.491 e. The zero-order valence-electron chi connectivity index (χ0n) is 12.0. The predicted octanol–water partition coefficient (Wildman–Crippen LogP) is 3.22. The van der Waals surface area contributed by atoms with Crippen molar-refractivity contribution in [1.82, 2.24) is 9.97 Å². The Balaban J connectivity index is 2.06. The topological polar surface area (TPSA) is 65.3 Å². The van der Waals surface area contributed by atoms with E-state index < -0.39 is 0 Å². The Morgan fingerprint density at radius 2 is 2.14 bits per heavy atom. The predicted molar refractivity (Wildman–Crippen MR) is 78.3 cm³/mol. The van der Waals surface area contributed by atoms with Gasteiger partial charge in [-0.25, -0.2) is 4.39 Å². The van der Waals surface area contributed by atoms with E-state index in [0.29, 0.717) is 17.3 Å². The molecule has 0 spiro atoms. The maximum Gasteiger partial charge on any atom is 0.300 e. The number of halogens is 1. The highest BCUT2D eigenvalue weighted by atomic mass is 19.1. The molecule has 1 aromatic carbocycles. The third-order valence-electron chi connectivity index (χ3n) is 3.54. The first-order valence-electron chi connectivity index (χ1n) is 6.61. The molecule has 2 aromatic heterocycles. The van der Waals surface area contributed by atoms with Crippen LogP contribution in [0.5, 0.6) is 5.88 Å². The molecule has 110 valence electrons. The average Bonchev–Trinajstić information content (AvgIpc) is 3.01. The van der Waals surface area contributed by atoms with Crippen LogP contribution in [0.25, 0.3) is 10.9 Å². The SMILES string of the molecule is CC(c1oc(N(C)C)nc1O)c1c[nH]c2cc(F)ccc12. The zero-order valence-corrected chi connectivity index (χ0v) is 12.0. The van der Waals surface area contributed by atoms with Crippen LogP contribution in [0.3, 0.4) is 0 Å². The quantitative estimate of drug-likeness (QED) is 0.777. The minimum absolute atomic E-state index is 0.123. The molecule has 6 heteroatoms. The van der Waals surface area contributed by atoms with E-state index in [2.05, 4.69) is 9.97 Å². The van der Waals surface area contributed by atoms with Gasteiger partial charge in [0.2, 0.25) is 0 Å². The van der Waals surface area contributed by atoms with Gasteiger partial charge in [-0.2, -0.15) is 4.98 Å². The standard InChI is InChI=1S/C15H16FN3O2/c1-8(13-14(20)18-15(21-13)19(2)3)11-7-17-12-6-9(16)4-5-10(11)12/h4-8,17,20H,1-3H3. The van der Waals surface area contributed by atoms with Gasteiger partial charge in [-0.3, -0.25) is 0 Å². The summed E-state index contributed by atoms with van der Waals surface area (Å²) in [5, 5.41) is 10.9. The van der Waals surface area contributed by atoms with E-state index in [-0.39, 0.29) is 17.6 Å². The molecule has 0 saturated carbocycles. The lowest BCUT2D eigenvalue weighted by atomic mass is 9.98. The number of aromatic nitrogens is 2. The Morgan fingerprint density at radius 3 is 2.81 bits per heavy atom. The summed E-state index contributed by atoms with van der Waals surface area (Å²) >= 11 is 0. The molecule has 1 atom stereocenters. The molecule has 0 aliphatic carbocycles. The van der Waals surface area contributed by atoms with Crippen LogP contribution in [0.1, 0.15) is 24.2 Å². The monoisotopic (exact) mass is 289 g/mol. The van der Waals surface area contributed by atoms with Gasteiger partial charge in [0, 0.05) is 37.1 Å². The van der Waals surface area contributed by atoms with Gasteiger partial charge in [0.1, 0.15) is 5.82 Å². The molecule has 3 aromatic rings. The molecule has 0 fully saturated rings. The smallest absolute Gasteiger partial charge is 0.300 e. The largest absolute Gasteiger partial charge is 0.491 e. The molecule has 0 aliphatic rings. The van der Waals surface area contributed by atoms with Gasteiger partial charge in [-0.05, 0) is 23.8 Å². The Labute approximate surface area is 121 Å². The van der Waals surface area contributed by atoms with Crippen molar-refractivity contribution in [3.8, 4) is 5.88 Å². The summed E-state index contributed by atoms with van der Waals surface area (Å²) < 4.78 is 18.8. The van der Waals surface area contributed by atoms with Crippen LogP contribution < -0.4 is 4.90 Å². The van der Waals surface area contributed by atoms with Crippen LogP contribution in [0.15, 0.2) is 28.8 Å². The third-order valence-corrected chi connectivity index (χ3v) is 3.54. The lowest BCUT2D eigenvalue weighted by molar-refractivity contribution is 0.420. The fourth-order valence-electron chi connectivity index (χ4n) is 2.41. The fraction of sp³-hybridized carbons (Fsp3) is 0.267. The molecule has 0 aliphatic heterocycles. The van der Waals surface area contributed by atoms with Crippen LogP contribution in [-0.2, 0) is 0 Å². The van der Waals surface area contributed by atoms with Crippen molar-refractivity contribution in [3.05, 3.63) is 41.5 Å². The first kappa shape index (κ1) is 13.5. The molecule has 21 heavy (non-hydrogen) atoms. The lowest BCUT2D eigenvalue weighted by Gasteiger charge is -2.08. The number of aromatic amines is 1. The van der Waals surface area contributed by atoms with E-state index in [1.165, 1.54) is 12.1 Å². The molecule has 0 saturated heterocycles. The van der Waals surface area contributed by atoms with Crippen molar-refractivity contribution >= 4 is 16.9 Å². The highest BCUT2D eigenvalue weighted by molar-refractivity contribution is 5.84. The molecule has 1 unspecified atom stereocenters. The summed E-state index contributed by atoms with van der Waals surface area (Å²) in [6.07, 6.45) is 1.80. The maximum atomic E-state index is 13.2. The average molecular weight is 289 g/mol. The first-order chi connectivity index (χ1) is 9.97. The van der Waals surface area contributed by atoms with E-state index in [1.54, 1.807) is 31.3 Å². The van der Waals surface area contributed by atoms with Crippen molar-refractivity contribution in [2.24, 2.45) is 0 Å². The van der Waals surface area contributed by atoms with Crippen molar-refractivity contribution in [3.63, 3.8) is 0 Å². The van der Waals surface area contributed by atoms with Crippen molar-refractivity contribution in [2.75, 3.05) is 19.0 Å². The van der Waals surface area contributed by atoms with Gasteiger partial charge in [-0.15, -0.1) is 0 Å². The zero-order chi connectivity index (χ0) is 15.1. The van der Waals surface area contributed by atoms with Gasteiger partial charge in [-0.1, -0.05) is 6.92 Å². The first-order valence-corrected chi connectivity index (χ1v) is 6.61. The number of benzene rings is 1. The molecule has 2 heterocycles. The number of anilines is 1. The van der Waals surface area contributed by atoms with Gasteiger partial charge >= 0.3 is 0 Å². The van der Waals surface area contributed by atoms with Crippen LogP contribution in [-0.4, -0.2) is 29.2 Å². The number of nitrogens with one attached hydrogen (secondary N) is 1. The molecule has 0 amide bonds. The summed E-state index contributed by atoms with van der Waals surface area (Å²) in [7, 11) is 3.57. The summed E-state index contributed by atoms with van der Waals surface area (Å²) in [5.74, 6) is -0.224. The summed E-state index contributed by atoms with van der Waals surface area (Å²) in [6.45, 7) is 1.91. The molecular weight excluding hydrogens is 273 g/mol. The number of nitrogens with zero attached hydrogens (tertiary/aromatic N) is 2. The van der Waals surface area contributed by atoms with Crippen LogP contribution in [0.4, 0.5) is 10.4 Å². The highest BCUT2D eigenvalue weighted by Gasteiger charge is 2.23. The molecule has 0 radical (unpaired) electrons. The second-order valence-corrected chi connectivity index (χ2v) is 5.23. The maximum absolute atomic E-state index is 13.2. The Bertz CT molecular complexity index is 791. The lowest BCUT2D eigenvalue weighted by Crippen LogP contribution is -2.08. The normalized spacial score (nSPS) is 12.8. The third kappa shape index (κ3) is 2.22. The second-order valence-electron chi connectivity index (χ2n) is 5.23. The summed E-state index contributed by atoms with van der Waals surface area (Å²) in [4.78, 5) is 8.70. The van der Waals surface area contributed by atoms with Crippen molar-refractivity contribution < 1.29 is 13.9 Å². The molecule has 5 nitrogen and oxygen atoms in total.